The van der Waals surface area contributed by atoms with Crippen LogP contribution in [0.1, 0.15) is 5.56 Å². The minimum atomic E-state index is 0.186. The predicted octanol–water partition coefficient (Wildman–Crippen LogP) is -0.399. The summed E-state index contributed by atoms with van der Waals surface area (Å²) in [6, 6.07) is 0. The number of aliphatic hydroxyl groups excluding tert-OH is 1. The lowest BCUT2D eigenvalue weighted by atomic mass is 10.2. The van der Waals surface area contributed by atoms with Gasteiger partial charge in [0, 0.05) is 18.9 Å². The van der Waals surface area contributed by atoms with Crippen LogP contribution in [0.4, 0.5) is 0 Å². The summed E-state index contributed by atoms with van der Waals surface area (Å²) in [6.45, 7) is 1.69. The van der Waals surface area contributed by atoms with Gasteiger partial charge in [0.05, 0.1) is 6.61 Å². The van der Waals surface area contributed by atoms with Gasteiger partial charge in [-0.3, -0.25) is 0 Å². The van der Waals surface area contributed by atoms with E-state index in [0.29, 0.717) is 6.54 Å². The maximum absolute atomic E-state index is 8.48. The van der Waals surface area contributed by atoms with Crippen molar-refractivity contribution in [3.8, 4) is 0 Å². The fourth-order valence-corrected chi connectivity index (χ4v) is 0.896. The quantitative estimate of drug-likeness (QED) is 0.586. The molecule has 12 heavy (non-hydrogen) atoms. The van der Waals surface area contributed by atoms with E-state index in [1.54, 1.807) is 12.4 Å². The van der Waals surface area contributed by atoms with Crippen molar-refractivity contribution in [2.75, 3.05) is 19.7 Å². The second kappa shape index (κ2) is 5.62. The standard InChI is InChI=1S/C8H13N3O/c12-4-3-9-2-1-8-5-10-7-11-6-8/h5-7,9,12H,1-4H2. The van der Waals surface area contributed by atoms with Crippen molar-refractivity contribution in [2.45, 2.75) is 6.42 Å². The van der Waals surface area contributed by atoms with Gasteiger partial charge in [0.1, 0.15) is 6.33 Å². The first-order chi connectivity index (χ1) is 5.93. The van der Waals surface area contributed by atoms with Gasteiger partial charge in [0.15, 0.2) is 0 Å². The van der Waals surface area contributed by atoms with Gasteiger partial charge in [-0.15, -0.1) is 0 Å². The van der Waals surface area contributed by atoms with Crippen LogP contribution in [0.25, 0.3) is 0 Å². The van der Waals surface area contributed by atoms with Crippen LogP contribution in [-0.2, 0) is 6.42 Å². The van der Waals surface area contributed by atoms with Crippen LogP contribution in [0.2, 0.25) is 0 Å². The Hall–Kier alpha value is -1.00. The molecule has 0 aliphatic heterocycles. The molecule has 0 saturated heterocycles. The Labute approximate surface area is 71.7 Å². The van der Waals surface area contributed by atoms with Gasteiger partial charge < -0.3 is 10.4 Å². The molecule has 0 spiro atoms. The van der Waals surface area contributed by atoms with Gasteiger partial charge in [-0.05, 0) is 18.5 Å². The summed E-state index contributed by atoms with van der Waals surface area (Å²) in [6.07, 6.45) is 6.02. The average Bonchev–Trinajstić information content (AvgIpc) is 2.14. The highest BCUT2D eigenvalue weighted by Gasteiger charge is 1.91. The summed E-state index contributed by atoms with van der Waals surface area (Å²) in [5, 5.41) is 11.6. The maximum atomic E-state index is 8.48. The van der Waals surface area contributed by atoms with Crippen LogP contribution < -0.4 is 5.32 Å². The first-order valence-electron chi connectivity index (χ1n) is 3.99. The molecule has 1 rings (SSSR count). The fourth-order valence-electron chi connectivity index (χ4n) is 0.896. The zero-order valence-corrected chi connectivity index (χ0v) is 6.90. The Morgan fingerprint density at radius 1 is 1.25 bits per heavy atom. The summed E-state index contributed by atoms with van der Waals surface area (Å²) in [5.41, 5.74) is 1.11. The zero-order valence-electron chi connectivity index (χ0n) is 6.90. The second-order valence-corrected chi connectivity index (χ2v) is 2.47. The summed E-state index contributed by atoms with van der Waals surface area (Å²) in [5.74, 6) is 0. The average molecular weight is 167 g/mol. The second-order valence-electron chi connectivity index (χ2n) is 2.47. The number of nitrogens with zero attached hydrogens (tertiary/aromatic N) is 2. The SMILES string of the molecule is OCCNCCc1cncnc1. The Morgan fingerprint density at radius 2 is 2.00 bits per heavy atom. The molecule has 0 atom stereocenters. The van der Waals surface area contributed by atoms with Crippen LogP contribution in [0.5, 0.6) is 0 Å². The molecule has 0 bridgehead atoms. The lowest BCUT2D eigenvalue weighted by Crippen LogP contribution is -2.20. The van der Waals surface area contributed by atoms with Crippen LogP contribution in [0, 0.1) is 0 Å². The van der Waals surface area contributed by atoms with E-state index in [9.17, 15) is 0 Å². The molecule has 0 aliphatic rings. The summed E-state index contributed by atoms with van der Waals surface area (Å²) >= 11 is 0. The zero-order chi connectivity index (χ0) is 8.65. The number of rotatable bonds is 5. The first kappa shape index (κ1) is 9.09. The Morgan fingerprint density at radius 3 is 2.67 bits per heavy atom. The highest BCUT2D eigenvalue weighted by atomic mass is 16.3. The van der Waals surface area contributed by atoms with Gasteiger partial charge in [-0.25, -0.2) is 9.97 Å². The van der Waals surface area contributed by atoms with Crippen LogP contribution in [-0.4, -0.2) is 34.8 Å². The van der Waals surface area contributed by atoms with Gasteiger partial charge in [-0.1, -0.05) is 0 Å². The Balaban J connectivity index is 2.16. The molecular weight excluding hydrogens is 154 g/mol. The third-order valence-corrected chi connectivity index (χ3v) is 1.49. The van der Waals surface area contributed by atoms with Crippen molar-refractivity contribution in [3.63, 3.8) is 0 Å². The molecule has 0 saturated carbocycles. The number of nitrogens with one attached hydrogen (secondary N) is 1. The molecule has 1 aromatic heterocycles. The Kier molecular flexibility index (Phi) is 4.26. The predicted molar refractivity (Wildman–Crippen MR) is 45.7 cm³/mol. The molecule has 0 fully saturated rings. The van der Waals surface area contributed by atoms with Gasteiger partial charge in [0.25, 0.3) is 0 Å². The van der Waals surface area contributed by atoms with Crippen molar-refractivity contribution >= 4 is 0 Å². The fraction of sp³-hybridized carbons (Fsp3) is 0.500. The first-order valence-corrected chi connectivity index (χ1v) is 3.99. The molecule has 0 radical (unpaired) electrons. The van der Waals surface area contributed by atoms with Crippen LogP contribution in [0.15, 0.2) is 18.7 Å². The van der Waals surface area contributed by atoms with E-state index in [-0.39, 0.29) is 6.61 Å². The third-order valence-electron chi connectivity index (χ3n) is 1.49. The third kappa shape index (κ3) is 3.41. The maximum Gasteiger partial charge on any atom is 0.115 e. The van der Waals surface area contributed by atoms with Crippen molar-refractivity contribution in [3.05, 3.63) is 24.3 Å². The molecular formula is C8H13N3O. The monoisotopic (exact) mass is 167 g/mol. The van der Waals surface area contributed by atoms with E-state index in [2.05, 4.69) is 15.3 Å². The summed E-state index contributed by atoms with van der Waals surface area (Å²) in [4.78, 5) is 7.79. The molecule has 2 N–H and O–H groups in total. The Bertz CT molecular complexity index is 203. The molecule has 4 nitrogen and oxygen atoms in total. The van der Waals surface area contributed by atoms with Crippen LogP contribution in [0.3, 0.4) is 0 Å². The van der Waals surface area contributed by atoms with E-state index >= 15 is 0 Å². The molecule has 0 aromatic carbocycles. The van der Waals surface area contributed by atoms with Crippen molar-refractivity contribution < 1.29 is 5.11 Å². The van der Waals surface area contributed by atoms with Gasteiger partial charge in [-0.2, -0.15) is 0 Å². The van der Waals surface area contributed by atoms with Gasteiger partial charge in [0.2, 0.25) is 0 Å². The lowest BCUT2D eigenvalue weighted by Gasteiger charge is -2.00. The molecule has 1 aromatic rings. The van der Waals surface area contributed by atoms with E-state index in [1.807, 2.05) is 0 Å². The van der Waals surface area contributed by atoms with Crippen LogP contribution >= 0.6 is 0 Å². The van der Waals surface area contributed by atoms with E-state index in [1.165, 1.54) is 6.33 Å². The summed E-state index contributed by atoms with van der Waals surface area (Å²) in [7, 11) is 0. The topological polar surface area (TPSA) is 58.0 Å². The highest BCUT2D eigenvalue weighted by Crippen LogP contribution is 1.92. The minimum Gasteiger partial charge on any atom is -0.395 e. The van der Waals surface area contributed by atoms with Crippen molar-refractivity contribution in [2.24, 2.45) is 0 Å². The lowest BCUT2D eigenvalue weighted by molar-refractivity contribution is 0.293. The smallest absolute Gasteiger partial charge is 0.115 e. The summed E-state index contributed by atoms with van der Waals surface area (Å²) < 4.78 is 0. The minimum absolute atomic E-state index is 0.186. The van der Waals surface area contributed by atoms with Crippen molar-refractivity contribution in [1.29, 1.82) is 0 Å². The molecule has 66 valence electrons. The number of hydrogen-bond donors (Lipinski definition) is 2. The highest BCUT2D eigenvalue weighted by molar-refractivity contribution is 5.02. The number of aliphatic hydroxyl groups is 1. The molecule has 0 amide bonds. The van der Waals surface area contributed by atoms with Crippen molar-refractivity contribution in [1.82, 2.24) is 15.3 Å². The van der Waals surface area contributed by atoms with Gasteiger partial charge >= 0.3 is 0 Å². The molecule has 1 heterocycles. The molecule has 0 unspecified atom stereocenters. The normalized spacial score (nSPS) is 10.1. The molecule has 0 aliphatic carbocycles. The van der Waals surface area contributed by atoms with E-state index in [4.69, 9.17) is 5.11 Å². The largest absolute Gasteiger partial charge is 0.395 e. The van der Waals surface area contributed by atoms with E-state index in [0.717, 1.165) is 18.5 Å². The molecule has 4 heteroatoms. The van der Waals surface area contributed by atoms with E-state index < -0.39 is 0 Å². The number of aromatic nitrogens is 2. The number of hydrogen-bond acceptors (Lipinski definition) is 4.